The van der Waals surface area contributed by atoms with Gasteiger partial charge in [-0.3, -0.25) is 14.7 Å². The van der Waals surface area contributed by atoms with Crippen LogP contribution in [-0.4, -0.2) is 75.2 Å². The van der Waals surface area contributed by atoms with Crippen LogP contribution in [0.4, 0.5) is 0 Å². The minimum atomic E-state index is -0.131. The lowest BCUT2D eigenvalue weighted by Gasteiger charge is -2.28. The Kier molecular flexibility index (Phi) is 7.96. The Morgan fingerprint density at radius 2 is 1.90 bits per heavy atom. The average Bonchev–Trinajstić information content (AvgIpc) is 3.43. The van der Waals surface area contributed by atoms with E-state index in [1.165, 1.54) is 25.5 Å². The Bertz CT molecular complexity index is 716. The van der Waals surface area contributed by atoms with Crippen molar-refractivity contribution in [3.05, 3.63) is 29.8 Å². The van der Waals surface area contributed by atoms with E-state index in [0.717, 1.165) is 37.9 Å². The van der Waals surface area contributed by atoms with Crippen LogP contribution in [-0.2, 0) is 9.53 Å². The monoisotopic (exact) mass is 416 g/mol. The Labute approximate surface area is 180 Å². The van der Waals surface area contributed by atoms with Crippen molar-refractivity contribution in [3.63, 3.8) is 0 Å². The summed E-state index contributed by atoms with van der Waals surface area (Å²) < 4.78 is 10.3. The number of hydrogen-bond donors (Lipinski definition) is 1. The van der Waals surface area contributed by atoms with Gasteiger partial charge in [-0.15, -0.1) is 0 Å². The molecule has 0 saturated carbocycles. The number of nitrogens with zero attached hydrogens (tertiary/aromatic N) is 3. The van der Waals surface area contributed by atoms with Crippen LogP contribution in [0.15, 0.2) is 29.3 Å². The highest BCUT2D eigenvalue weighted by Crippen LogP contribution is 2.28. The number of rotatable bonds is 7. The molecule has 0 bridgehead atoms. The van der Waals surface area contributed by atoms with Crippen molar-refractivity contribution < 1.29 is 14.3 Å². The molecule has 7 heteroatoms. The van der Waals surface area contributed by atoms with Crippen molar-refractivity contribution in [2.75, 3.05) is 53.5 Å². The second-order valence-electron chi connectivity index (χ2n) is 8.24. The second-order valence-corrected chi connectivity index (χ2v) is 8.24. The molecule has 2 heterocycles. The van der Waals surface area contributed by atoms with Gasteiger partial charge in [0.25, 0.3) is 0 Å². The molecule has 0 aliphatic carbocycles. The number of carbonyl (C=O) groups excluding carboxylic acids is 1. The fourth-order valence-electron chi connectivity index (χ4n) is 4.51. The van der Waals surface area contributed by atoms with Crippen molar-refractivity contribution in [1.82, 2.24) is 15.1 Å². The van der Waals surface area contributed by atoms with Gasteiger partial charge in [0.15, 0.2) is 5.96 Å². The molecule has 3 unspecified atom stereocenters. The summed E-state index contributed by atoms with van der Waals surface area (Å²) in [6, 6.07) is 8.58. The summed E-state index contributed by atoms with van der Waals surface area (Å²) in [7, 11) is 3.16. The van der Waals surface area contributed by atoms with Gasteiger partial charge in [-0.25, -0.2) is 0 Å². The third kappa shape index (κ3) is 5.25. The topological polar surface area (TPSA) is 66.4 Å². The molecule has 7 nitrogen and oxygen atoms in total. The largest absolute Gasteiger partial charge is 0.497 e. The molecule has 2 aliphatic rings. The van der Waals surface area contributed by atoms with Gasteiger partial charge in [0.1, 0.15) is 5.75 Å². The van der Waals surface area contributed by atoms with Gasteiger partial charge in [-0.2, -0.15) is 0 Å². The molecule has 3 atom stereocenters. The second kappa shape index (κ2) is 10.7. The van der Waals surface area contributed by atoms with Crippen LogP contribution >= 0.6 is 0 Å². The summed E-state index contributed by atoms with van der Waals surface area (Å²) in [5, 5.41) is 3.42. The van der Waals surface area contributed by atoms with Crippen LogP contribution in [0, 0.1) is 11.8 Å². The maximum absolute atomic E-state index is 12.1. The average molecular weight is 417 g/mol. The van der Waals surface area contributed by atoms with Crippen LogP contribution in [0.3, 0.4) is 0 Å². The lowest BCUT2D eigenvalue weighted by molar-refractivity contribution is -0.145. The molecule has 3 rings (SSSR count). The molecule has 2 fully saturated rings. The number of guanidine groups is 1. The normalized spacial score (nSPS) is 23.5. The van der Waals surface area contributed by atoms with Crippen molar-refractivity contribution >= 4 is 11.9 Å². The number of benzene rings is 1. The molecule has 1 aromatic rings. The third-order valence-electron chi connectivity index (χ3n) is 6.25. The van der Waals surface area contributed by atoms with E-state index in [-0.39, 0.29) is 23.8 Å². The standard InChI is InChI=1S/C23H36N4O3/c1-5-24-23(27-15-17(2)20(16-27)22(28)30-4)25-14-21(26-12-6-7-13-26)18-8-10-19(29-3)11-9-18/h8-11,17,20-21H,5-7,12-16H2,1-4H3,(H,24,25). The summed E-state index contributed by atoms with van der Waals surface area (Å²) in [6.07, 6.45) is 2.47. The van der Waals surface area contributed by atoms with Crippen LogP contribution in [0.5, 0.6) is 5.75 Å². The van der Waals surface area contributed by atoms with Gasteiger partial charge in [0.05, 0.1) is 32.7 Å². The zero-order valence-corrected chi connectivity index (χ0v) is 18.8. The third-order valence-corrected chi connectivity index (χ3v) is 6.25. The predicted octanol–water partition coefficient (Wildman–Crippen LogP) is 2.54. The highest BCUT2D eigenvalue weighted by Gasteiger charge is 2.37. The highest BCUT2D eigenvalue weighted by atomic mass is 16.5. The van der Waals surface area contributed by atoms with Crippen LogP contribution in [0.2, 0.25) is 0 Å². The van der Waals surface area contributed by atoms with E-state index in [0.29, 0.717) is 13.1 Å². The van der Waals surface area contributed by atoms with E-state index < -0.39 is 0 Å². The number of ether oxygens (including phenoxy) is 2. The molecule has 2 saturated heterocycles. The minimum absolute atomic E-state index is 0.102. The van der Waals surface area contributed by atoms with E-state index in [9.17, 15) is 4.79 Å². The summed E-state index contributed by atoms with van der Waals surface area (Å²) in [5.74, 6) is 1.77. The quantitative estimate of drug-likeness (QED) is 0.419. The fourth-order valence-corrected chi connectivity index (χ4v) is 4.51. The maximum atomic E-state index is 12.1. The van der Waals surface area contributed by atoms with E-state index >= 15 is 0 Å². The lowest BCUT2D eigenvalue weighted by atomic mass is 9.99. The molecule has 0 radical (unpaired) electrons. The Morgan fingerprint density at radius 3 is 2.50 bits per heavy atom. The highest BCUT2D eigenvalue weighted by molar-refractivity contribution is 5.82. The molecule has 1 N–H and O–H groups in total. The van der Waals surface area contributed by atoms with Crippen molar-refractivity contribution in [1.29, 1.82) is 0 Å². The van der Waals surface area contributed by atoms with Crippen LogP contribution in [0.25, 0.3) is 0 Å². The Morgan fingerprint density at radius 1 is 1.20 bits per heavy atom. The summed E-state index contributed by atoms with van der Waals surface area (Å²) >= 11 is 0. The van der Waals surface area contributed by atoms with Gasteiger partial charge in [0, 0.05) is 19.6 Å². The number of hydrogen-bond acceptors (Lipinski definition) is 5. The van der Waals surface area contributed by atoms with Gasteiger partial charge in [-0.1, -0.05) is 19.1 Å². The van der Waals surface area contributed by atoms with Gasteiger partial charge >= 0.3 is 5.97 Å². The van der Waals surface area contributed by atoms with Gasteiger partial charge in [0.2, 0.25) is 0 Å². The molecule has 30 heavy (non-hydrogen) atoms. The first kappa shape index (κ1) is 22.4. The lowest BCUT2D eigenvalue weighted by Crippen LogP contribution is -2.41. The number of carbonyl (C=O) groups is 1. The molecule has 0 aromatic heterocycles. The molecular formula is C23H36N4O3. The number of methoxy groups -OCH3 is 2. The van der Waals surface area contributed by atoms with Gasteiger partial charge in [-0.05, 0) is 56.5 Å². The first-order chi connectivity index (χ1) is 14.6. The summed E-state index contributed by atoms with van der Waals surface area (Å²) in [4.78, 5) is 21.8. The molecule has 1 aromatic carbocycles. The molecular weight excluding hydrogens is 380 g/mol. The Balaban J connectivity index is 1.77. The molecule has 0 spiro atoms. The zero-order chi connectivity index (χ0) is 21.5. The Hall–Kier alpha value is -2.28. The summed E-state index contributed by atoms with van der Waals surface area (Å²) in [5.41, 5.74) is 1.26. The zero-order valence-electron chi connectivity index (χ0n) is 18.8. The van der Waals surface area contributed by atoms with E-state index in [1.807, 2.05) is 12.1 Å². The van der Waals surface area contributed by atoms with E-state index in [2.05, 4.69) is 41.1 Å². The van der Waals surface area contributed by atoms with E-state index in [1.54, 1.807) is 7.11 Å². The number of esters is 1. The smallest absolute Gasteiger partial charge is 0.310 e. The molecule has 0 amide bonds. The van der Waals surface area contributed by atoms with Crippen molar-refractivity contribution in [2.24, 2.45) is 16.8 Å². The van der Waals surface area contributed by atoms with Crippen LogP contribution in [0.1, 0.15) is 38.3 Å². The van der Waals surface area contributed by atoms with Crippen molar-refractivity contribution in [2.45, 2.75) is 32.7 Å². The van der Waals surface area contributed by atoms with E-state index in [4.69, 9.17) is 14.5 Å². The number of likely N-dealkylation sites (tertiary alicyclic amines) is 2. The number of nitrogens with one attached hydrogen (secondary N) is 1. The number of aliphatic imine (C=N–C) groups is 1. The summed E-state index contributed by atoms with van der Waals surface area (Å²) in [6.45, 7) is 9.33. The predicted molar refractivity (Wildman–Crippen MR) is 119 cm³/mol. The minimum Gasteiger partial charge on any atom is -0.497 e. The molecule has 166 valence electrons. The SMILES string of the molecule is CCNC(=NCC(c1ccc(OC)cc1)N1CCCC1)N1CC(C)C(C(=O)OC)C1. The van der Waals surface area contributed by atoms with Crippen LogP contribution < -0.4 is 10.1 Å². The first-order valence-electron chi connectivity index (χ1n) is 11.1. The van der Waals surface area contributed by atoms with Gasteiger partial charge < -0.3 is 19.7 Å². The first-order valence-corrected chi connectivity index (χ1v) is 11.1. The maximum Gasteiger partial charge on any atom is 0.310 e. The van der Waals surface area contributed by atoms with Crippen molar-refractivity contribution in [3.8, 4) is 5.75 Å². The fraction of sp³-hybridized carbons (Fsp3) is 0.652. The molecule has 2 aliphatic heterocycles.